The van der Waals surface area contributed by atoms with E-state index in [1.807, 2.05) is 13.0 Å². The van der Waals surface area contributed by atoms with Crippen LogP contribution in [0, 0.1) is 21.4 Å². The number of nitriles is 1. The number of nitrogens with zero attached hydrogens (tertiary/aromatic N) is 2. The van der Waals surface area contributed by atoms with Gasteiger partial charge in [-0.15, -0.1) is 0 Å². The Morgan fingerprint density at radius 3 is 2.56 bits per heavy atom. The minimum atomic E-state index is -0.628. The van der Waals surface area contributed by atoms with E-state index in [0.29, 0.717) is 12.0 Å². The van der Waals surface area contributed by atoms with E-state index >= 15 is 0 Å². The number of carbonyl (C=O) groups is 1. The van der Waals surface area contributed by atoms with Gasteiger partial charge in [0.15, 0.2) is 5.78 Å². The summed E-state index contributed by atoms with van der Waals surface area (Å²) in [5.41, 5.74) is 0.347. The van der Waals surface area contributed by atoms with Crippen molar-refractivity contribution in [1.29, 1.82) is 5.26 Å². The van der Waals surface area contributed by atoms with Crippen LogP contribution in [0.3, 0.4) is 0 Å². The van der Waals surface area contributed by atoms with Crippen LogP contribution in [0.4, 0.5) is 5.69 Å². The molecule has 0 fully saturated rings. The van der Waals surface area contributed by atoms with E-state index < -0.39 is 10.7 Å². The first-order chi connectivity index (χ1) is 7.51. The van der Waals surface area contributed by atoms with Gasteiger partial charge in [-0.1, -0.05) is 6.92 Å². The number of ketones is 1. The molecule has 5 nitrogen and oxygen atoms in total. The van der Waals surface area contributed by atoms with Gasteiger partial charge < -0.3 is 0 Å². The van der Waals surface area contributed by atoms with Crippen LogP contribution < -0.4 is 0 Å². The van der Waals surface area contributed by atoms with E-state index in [1.165, 1.54) is 19.1 Å². The molecule has 0 aliphatic rings. The lowest BCUT2D eigenvalue weighted by atomic mass is 9.98. The highest BCUT2D eigenvalue weighted by molar-refractivity contribution is 6.00. The topological polar surface area (TPSA) is 84.0 Å². The number of hydrogen-bond donors (Lipinski definition) is 0. The summed E-state index contributed by atoms with van der Waals surface area (Å²) in [5, 5.41) is 19.7. The summed E-state index contributed by atoms with van der Waals surface area (Å²) in [6.07, 6.45) is 0.577. The SMILES string of the molecule is CCc1cc(C#N)c(C(C)=O)c([N+](=O)[O-])c1. The fourth-order valence-electron chi connectivity index (χ4n) is 1.49. The monoisotopic (exact) mass is 218 g/mol. The largest absolute Gasteiger partial charge is 0.294 e. The summed E-state index contributed by atoms with van der Waals surface area (Å²) in [7, 11) is 0. The van der Waals surface area contributed by atoms with Gasteiger partial charge in [0, 0.05) is 6.07 Å². The summed E-state index contributed by atoms with van der Waals surface area (Å²) in [6.45, 7) is 3.04. The highest BCUT2D eigenvalue weighted by Crippen LogP contribution is 2.25. The van der Waals surface area contributed by atoms with Gasteiger partial charge in [-0.05, 0) is 25.0 Å². The van der Waals surface area contributed by atoms with Gasteiger partial charge in [0.05, 0.1) is 10.5 Å². The predicted molar refractivity (Wildman–Crippen MR) is 57.2 cm³/mol. The van der Waals surface area contributed by atoms with E-state index in [1.54, 1.807) is 0 Å². The van der Waals surface area contributed by atoms with Crippen LogP contribution >= 0.6 is 0 Å². The minimum Gasteiger partial charge on any atom is -0.294 e. The molecule has 5 heteroatoms. The molecule has 1 rings (SSSR count). The Labute approximate surface area is 92.5 Å². The predicted octanol–water partition coefficient (Wildman–Crippen LogP) is 2.23. The van der Waals surface area contributed by atoms with E-state index in [2.05, 4.69) is 0 Å². The Morgan fingerprint density at radius 1 is 1.56 bits per heavy atom. The molecular formula is C11H10N2O3. The molecular weight excluding hydrogens is 208 g/mol. The van der Waals surface area contributed by atoms with Crippen LogP contribution in [0.5, 0.6) is 0 Å². The number of rotatable bonds is 3. The molecule has 0 N–H and O–H groups in total. The minimum absolute atomic E-state index is 0.0681. The number of hydrogen-bond acceptors (Lipinski definition) is 4. The van der Waals surface area contributed by atoms with Crippen molar-refractivity contribution >= 4 is 11.5 Å². The van der Waals surface area contributed by atoms with Crippen molar-refractivity contribution in [3.05, 3.63) is 38.9 Å². The first kappa shape index (κ1) is 11.9. The molecule has 0 saturated carbocycles. The molecule has 0 heterocycles. The molecule has 0 aromatic heterocycles. The van der Waals surface area contributed by atoms with Crippen LogP contribution in [0.25, 0.3) is 0 Å². The van der Waals surface area contributed by atoms with Crippen LogP contribution in [0.15, 0.2) is 12.1 Å². The third kappa shape index (κ3) is 2.06. The fraction of sp³-hybridized carbons (Fsp3) is 0.273. The maximum atomic E-state index is 11.3. The fourth-order valence-corrected chi connectivity index (χ4v) is 1.49. The number of benzene rings is 1. The summed E-state index contributed by atoms with van der Waals surface area (Å²) in [5.74, 6) is -0.467. The Bertz CT molecular complexity index is 501. The average Bonchev–Trinajstić information content (AvgIpc) is 2.26. The van der Waals surface area contributed by atoms with Gasteiger partial charge in [0.2, 0.25) is 0 Å². The molecule has 0 unspecified atom stereocenters. The smallest absolute Gasteiger partial charge is 0.281 e. The Morgan fingerprint density at radius 2 is 2.19 bits per heavy atom. The number of aryl methyl sites for hydroxylation is 1. The first-order valence-corrected chi connectivity index (χ1v) is 4.73. The third-order valence-electron chi connectivity index (χ3n) is 2.25. The molecule has 0 bridgehead atoms. The highest BCUT2D eigenvalue weighted by atomic mass is 16.6. The molecule has 0 spiro atoms. The Balaban J connectivity index is 3.62. The zero-order valence-electron chi connectivity index (χ0n) is 8.98. The van der Waals surface area contributed by atoms with Crippen LogP contribution in [0.2, 0.25) is 0 Å². The van der Waals surface area contributed by atoms with Crippen molar-refractivity contribution in [2.24, 2.45) is 0 Å². The number of carbonyl (C=O) groups excluding carboxylic acids is 1. The van der Waals surface area contributed by atoms with Crippen molar-refractivity contribution < 1.29 is 9.72 Å². The maximum Gasteiger partial charge on any atom is 0.281 e. The van der Waals surface area contributed by atoms with Crippen molar-refractivity contribution in [2.45, 2.75) is 20.3 Å². The zero-order valence-corrected chi connectivity index (χ0v) is 8.98. The molecule has 0 atom stereocenters. The molecule has 1 aromatic rings. The average molecular weight is 218 g/mol. The molecule has 0 saturated heterocycles. The summed E-state index contributed by atoms with van der Waals surface area (Å²) in [6, 6.07) is 4.68. The van der Waals surface area contributed by atoms with Crippen molar-refractivity contribution in [3.8, 4) is 6.07 Å². The van der Waals surface area contributed by atoms with Crippen molar-refractivity contribution in [2.75, 3.05) is 0 Å². The summed E-state index contributed by atoms with van der Waals surface area (Å²) >= 11 is 0. The zero-order chi connectivity index (χ0) is 12.3. The maximum absolute atomic E-state index is 11.3. The van der Waals surface area contributed by atoms with Gasteiger partial charge in [0.25, 0.3) is 5.69 Å². The summed E-state index contributed by atoms with van der Waals surface area (Å²) in [4.78, 5) is 21.5. The van der Waals surface area contributed by atoms with Gasteiger partial charge in [-0.3, -0.25) is 14.9 Å². The second-order valence-corrected chi connectivity index (χ2v) is 3.32. The third-order valence-corrected chi connectivity index (χ3v) is 2.25. The number of nitro groups is 1. The molecule has 0 aliphatic heterocycles. The van der Waals surface area contributed by atoms with E-state index in [-0.39, 0.29) is 16.8 Å². The normalized spacial score (nSPS) is 9.56. The molecule has 82 valence electrons. The molecule has 0 aliphatic carbocycles. The lowest BCUT2D eigenvalue weighted by molar-refractivity contribution is -0.385. The Kier molecular flexibility index (Phi) is 3.36. The van der Waals surface area contributed by atoms with Gasteiger partial charge in [0.1, 0.15) is 11.6 Å². The van der Waals surface area contributed by atoms with E-state index in [0.717, 1.165) is 0 Å². The second-order valence-electron chi connectivity index (χ2n) is 3.32. The van der Waals surface area contributed by atoms with Crippen molar-refractivity contribution in [3.63, 3.8) is 0 Å². The molecule has 1 aromatic carbocycles. The molecule has 16 heavy (non-hydrogen) atoms. The van der Waals surface area contributed by atoms with Crippen molar-refractivity contribution in [1.82, 2.24) is 0 Å². The standard InChI is InChI=1S/C11H10N2O3/c1-3-8-4-9(6-12)11(7(2)14)10(5-8)13(15)16/h4-5H,3H2,1-2H3. The Hall–Kier alpha value is -2.22. The van der Waals surface area contributed by atoms with Crippen LogP contribution in [-0.4, -0.2) is 10.7 Å². The highest BCUT2D eigenvalue weighted by Gasteiger charge is 2.22. The lowest BCUT2D eigenvalue weighted by Gasteiger charge is -2.04. The van der Waals surface area contributed by atoms with Gasteiger partial charge in [-0.2, -0.15) is 5.26 Å². The first-order valence-electron chi connectivity index (χ1n) is 4.73. The molecule has 0 amide bonds. The second kappa shape index (κ2) is 4.53. The van der Waals surface area contributed by atoms with Gasteiger partial charge >= 0.3 is 0 Å². The quantitative estimate of drug-likeness (QED) is 0.442. The lowest BCUT2D eigenvalue weighted by Crippen LogP contribution is -2.04. The summed E-state index contributed by atoms with van der Waals surface area (Å²) < 4.78 is 0. The van der Waals surface area contributed by atoms with Gasteiger partial charge in [-0.25, -0.2) is 0 Å². The molecule has 0 radical (unpaired) electrons. The van der Waals surface area contributed by atoms with Crippen LogP contribution in [-0.2, 0) is 6.42 Å². The van der Waals surface area contributed by atoms with Crippen LogP contribution in [0.1, 0.15) is 35.3 Å². The van der Waals surface area contributed by atoms with E-state index in [4.69, 9.17) is 5.26 Å². The number of Topliss-reactive ketones (excluding diaryl/α,β-unsaturated/α-hetero) is 1. The van der Waals surface area contributed by atoms with E-state index in [9.17, 15) is 14.9 Å². The number of nitro benzene ring substituents is 1.